The van der Waals surface area contributed by atoms with Gasteiger partial charge in [-0.3, -0.25) is 9.78 Å². The van der Waals surface area contributed by atoms with Crippen LogP contribution in [-0.4, -0.2) is 25.4 Å². The van der Waals surface area contributed by atoms with E-state index in [0.29, 0.717) is 6.07 Å². The van der Waals surface area contributed by atoms with Gasteiger partial charge in [-0.15, -0.1) is 0 Å². The molecule has 1 heterocycles. The molecule has 0 radical (unpaired) electrons. The highest BCUT2D eigenvalue weighted by molar-refractivity contribution is 7.90. The zero-order chi connectivity index (χ0) is 18.6. The van der Waals surface area contributed by atoms with Crippen LogP contribution in [0.4, 0.5) is 8.78 Å². The minimum absolute atomic E-state index is 0.196. The van der Waals surface area contributed by atoms with Crippen LogP contribution < -0.4 is 9.46 Å². The van der Waals surface area contributed by atoms with Crippen molar-refractivity contribution in [3.63, 3.8) is 0 Å². The SMILES string of the molecule is CC(C)[C@H](Oc1ccc(F)cc1F)C(=O)NS(=O)(=O)c1cccnc1. The zero-order valence-corrected chi connectivity index (χ0v) is 14.3. The fourth-order valence-electron chi connectivity index (χ4n) is 1.96. The Labute approximate surface area is 143 Å². The summed E-state index contributed by atoms with van der Waals surface area (Å²) >= 11 is 0. The van der Waals surface area contributed by atoms with Crippen LogP contribution in [0, 0.1) is 17.6 Å². The second kappa shape index (κ2) is 7.56. The van der Waals surface area contributed by atoms with E-state index in [0.717, 1.165) is 18.3 Å². The maximum atomic E-state index is 13.7. The molecule has 1 N–H and O–H groups in total. The van der Waals surface area contributed by atoms with Gasteiger partial charge in [-0.25, -0.2) is 21.9 Å². The highest BCUT2D eigenvalue weighted by Gasteiger charge is 2.29. The van der Waals surface area contributed by atoms with Crippen molar-refractivity contribution in [3.05, 3.63) is 54.4 Å². The van der Waals surface area contributed by atoms with Crippen molar-refractivity contribution >= 4 is 15.9 Å². The largest absolute Gasteiger partial charge is 0.477 e. The predicted molar refractivity (Wildman–Crippen MR) is 85.2 cm³/mol. The number of halogens is 2. The lowest BCUT2D eigenvalue weighted by Crippen LogP contribution is -2.44. The molecule has 6 nitrogen and oxygen atoms in total. The van der Waals surface area contributed by atoms with Crippen molar-refractivity contribution in [2.75, 3.05) is 0 Å². The molecule has 9 heteroatoms. The number of aromatic nitrogens is 1. The lowest BCUT2D eigenvalue weighted by Gasteiger charge is -2.22. The van der Waals surface area contributed by atoms with E-state index in [-0.39, 0.29) is 10.6 Å². The van der Waals surface area contributed by atoms with Crippen LogP contribution in [0.5, 0.6) is 5.75 Å². The molecule has 0 saturated carbocycles. The number of carbonyl (C=O) groups is 1. The van der Waals surface area contributed by atoms with E-state index in [4.69, 9.17) is 4.74 Å². The molecule has 1 aromatic heterocycles. The maximum Gasteiger partial charge on any atom is 0.275 e. The first-order valence-corrected chi connectivity index (χ1v) is 8.77. The highest BCUT2D eigenvalue weighted by Crippen LogP contribution is 2.21. The van der Waals surface area contributed by atoms with Crippen molar-refractivity contribution in [2.45, 2.75) is 24.8 Å². The Morgan fingerprint density at radius 3 is 2.52 bits per heavy atom. The Bertz CT molecular complexity index is 858. The number of carbonyl (C=O) groups excluding carboxylic acids is 1. The summed E-state index contributed by atoms with van der Waals surface area (Å²) < 4.78 is 58.2. The molecule has 134 valence electrons. The molecule has 1 amide bonds. The lowest BCUT2D eigenvalue weighted by molar-refractivity contribution is -0.128. The van der Waals surface area contributed by atoms with E-state index in [1.165, 1.54) is 18.3 Å². The molecule has 0 bridgehead atoms. The number of ether oxygens (including phenoxy) is 1. The molecule has 0 aliphatic carbocycles. The number of sulfonamides is 1. The summed E-state index contributed by atoms with van der Waals surface area (Å²) in [5, 5.41) is 0. The summed E-state index contributed by atoms with van der Waals surface area (Å²) in [5.74, 6) is -3.59. The number of amides is 1. The first-order chi connectivity index (χ1) is 11.7. The smallest absolute Gasteiger partial charge is 0.275 e. The third kappa shape index (κ3) is 4.72. The van der Waals surface area contributed by atoms with E-state index in [2.05, 4.69) is 4.98 Å². The molecule has 0 fully saturated rings. The maximum absolute atomic E-state index is 13.7. The van der Waals surface area contributed by atoms with Gasteiger partial charge < -0.3 is 4.74 Å². The van der Waals surface area contributed by atoms with Crippen molar-refractivity contribution in [1.82, 2.24) is 9.71 Å². The van der Waals surface area contributed by atoms with Gasteiger partial charge in [0, 0.05) is 18.5 Å². The molecule has 1 atom stereocenters. The minimum atomic E-state index is -4.14. The van der Waals surface area contributed by atoms with Crippen LogP contribution >= 0.6 is 0 Å². The number of hydrogen-bond acceptors (Lipinski definition) is 5. The number of benzene rings is 1. The van der Waals surface area contributed by atoms with Gasteiger partial charge in [0.2, 0.25) is 0 Å². The molecule has 2 rings (SSSR count). The molecule has 0 spiro atoms. The zero-order valence-electron chi connectivity index (χ0n) is 13.4. The quantitative estimate of drug-likeness (QED) is 0.843. The van der Waals surface area contributed by atoms with Crippen LogP contribution in [-0.2, 0) is 14.8 Å². The van der Waals surface area contributed by atoms with Crippen molar-refractivity contribution in [1.29, 1.82) is 0 Å². The first kappa shape index (κ1) is 18.8. The molecule has 25 heavy (non-hydrogen) atoms. The van der Waals surface area contributed by atoms with Gasteiger partial charge in [-0.05, 0) is 30.2 Å². The molecular formula is C16H16F2N2O4S. The summed E-state index contributed by atoms with van der Waals surface area (Å²) in [7, 11) is -4.14. The van der Waals surface area contributed by atoms with Gasteiger partial charge >= 0.3 is 0 Å². The van der Waals surface area contributed by atoms with Crippen molar-refractivity contribution in [2.24, 2.45) is 5.92 Å². The van der Waals surface area contributed by atoms with Crippen LogP contribution in [0.15, 0.2) is 47.6 Å². The van der Waals surface area contributed by atoms with E-state index >= 15 is 0 Å². The second-order valence-corrected chi connectivity index (χ2v) is 7.20. The lowest BCUT2D eigenvalue weighted by atomic mass is 10.1. The molecule has 0 saturated heterocycles. The molecule has 2 aromatic rings. The summed E-state index contributed by atoms with van der Waals surface area (Å²) in [6, 6.07) is 5.29. The molecule has 0 unspecified atom stereocenters. The average Bonchev–Trinajstić information content (AvgIpc) is 2.54. The summed E-state index contributed by atoms with van der Waals surface area (Å²) in [5.41, 5.74) is 0. The second-order valence-electron chi connectivity index (χ2n) is 5.52. The van der Waals surface area contributed by atoms with Gasteiger partial charge in [-0.1, -0.05) is 13.8 Å². The monoisotopic (exact) mass is 370 g/mol. The average molecular weight is 370 g/mol. The molecular weight excluding hydrogens is 354 g/mol. The van der Waals surface area contributed by atoms with Gasteiger partial charge in [0.1, 0.15) is 10.7 Å². The fourth-order valence-corrected chi connectivity index (χ4v) is 2.91. The number of rotatable bonds is 6. The predicted octanol–water partition coefficient (Wildman–Crippen LogP) is 2.27. The molecule has 0 aliphatic heterocycles. The Balaban J connectivity index is 2.21. The van der Waals surface area contributed by atoms with Gasteiger partial charge in [0.15, 0.2) is 17.7 Å². The Morgan fingerprint density at radius 1 is 1.24 bits per heavy atom. The summed E-state index contributed by atoms with van der Waals surface area (Å²) in [6.07, 6.45) is 1.17. The molecule has 1 aromatic carbocycles. The van der Waals surface area contributed by atoms with E-state index in [9.17, 15) is 22.0 Å². The topological polar surface area (TPSA) is 85.4 Å². The van der Waals surface area contributed by atoms with E-state index in [1.54, 1.807) is 13.8 Å². The third-order valence-corrected chi connectivity index (χ3v) is 4.52. The van der Waals surface area contributed by atoms with Gasteiger partial charge in [0.25, 0.3) is 15.9 Å². The standard InChI is InChI=1S/C16H16F2N2O4S/c1-10(2)15(24-14-6-5-11(17)8-13(14)18)16(21)20-25(22,23)12-4-3-7-19-9-12/h3-10,15H,1-2H3,(H,20,21)/t15-/m0/s1. The first-order valence-electron chi connectivity index (χ1n) is 7.29. The number of nitrogens with one attached hydrogen (secondary N) is 1. The van der Waals surface area contributed by atoms with Gasteiger partial charge in [0.05, 0.1) is 0 Å². The Morgan fingerprint density at radius 2 is 1.96 bits per heavy atom. The Kier molecular flexibility index (Phi) is 5.68. The van der Waals surface area contributed by atoms with E-state index in [1.807, 2.05) is 4.72 Å². The number of hydrogen-bond donors (Lipinski definition) is 1. The van der Waals surface area contributed by atoms with Crippen LogP contribution in [0.25, 0.3) is 0 Å². The summed E-state index contributed by atoms with van der Waals surface area (Å²) in [6.45, 7) is 3.20. The van der Waals surface area contributed by atoms with Crippen LogP contribution in [0.2, 0.25) is 0 Å². The Hall–Kier alpha value is -2.55. The highest BCUT2D eigenvalue weighted by atomic mass is 32.2. The number of pyridine rings is 1. The fraction of sp³-hybridized carbons (Fsp3) is 0.250. The van der Waals surface area contributed by atoms with E-state index < -0.39 is 39.6 Å². The third-order valence-electron chi connectivity index (χ3n) is 3.19. The van der Waals surface area contributed by atoms with Gasteiger partial charge in [-0.2, -0.15) is 0 Å². The normalized spacial score (nSPS) is 12.7. The minimum Gasteiger partial charge on any atom is -0.477 e. The van der Waals surface area contributed by atoms with Crippen molar-refractivity contribution in [3.8, 4) is 5.75 Å². The van der Waals surface area contributed by atoms with Crippen molar-refractivity contribution < 1.29 is 26.7 Å². The summed E-state index contributed by atoms with van der Waals surface area (Å²) in [4.78, 5) is 15.8. The van der Waals surface area contributed by atoms with Crippen LogP contribution in [0.3, 0.4) is 0 Å². The number of nitrogens with zero attached hydrogens (tertiary/aromatic N) is 1. The molecule has 0 aliphatic rings. The van der Waals surface area contributed by atoms with Crippen LogP contribution in [0.1, 0.15) is 13.8 Å².